The van der Waals surface area contributed by atoms with Gasteiger partial charge in [0, 0.05) is 37.8 Å². The normalized spacial score (nSPS) is 26.0. The number of anilines is 2. The molecular weight excluding hydrogens is 362 g/mol. The van der Waals surface area contributed by atoms with E-state index in [2.05, 4.69) is 4.99 Å². The number of aliphatic imine (C=N–C) groups is 1. The van der Waals surface area contributed by atoms with E-state index in [0.717, 1.165) is 11.4 Å². The molecule has 2 aliphatic heterocycles. The lowest BCUT2D eigenvalue weighted by atomic mass is 10.2. The summed E-state index contributed by atoms with van der Waals surface area (Å²) in [5.41, 5.74) is 1.88. The maximum atomic E-state index is 12.0. The fraction of sp³-hybridized carbons (Fsp3) is 0.500. The number of sulfone groups is 1. The molecule has 0 aliphatic carbocycles. The van der Waals surface area contributed by atoms with E-state index in [-0.39, 0.29) is 35.3 Å². The molecule has 1 aromatic carbocycles. The molecule has 1 amide bonds. The van der Waals surface area contributed by atoms with Crippen molar-refractivity contribution in [3.8, 4) is 0 Å². The van der Waals surface area contributed by atoms with E-state index < -0.39 is 9.84 Å². The monoisotopic (exact) mass is 383 g/mol. The van der Waals surface area contributed by atoms with Gasteiger partial charge in [-0.3, -0.25) is 4.79 Å². The number of carbonyl (C=O) groups is 1. The average Bonchev–Trinajstić information content (AvgIpc) is 2.98. The van der Waals surface area contributed by atoms with Crippen molar-refractivity contribution in [1.82, 2.24) is 0 Å². The maximum Gasteiger partial charge on any atom is 0.274 e. The van der Waals surface area contributed by atoms with Crippen LogP contribution in [0.25, 0.3) is 0 Å². The first-order valence-electron chi connectivity index (χ1n) is 7.85. The van der Waals surface area contributed by atoms with Gasteiger partial charge in [0.25, 0.3) is 5.91 Å². The smallest absolute Gasteiger partial charge is 0.274 e. The molecule has 3 rings (SSSR count). The Balaban J connectivity index is 1.96. The molecule has 0 N–H and O–H groups in total. The standard InChI is InChI=1S/C16H21N3O4S2/c1-18(2)11-4-6-12(7-5-11)19-13-9-25(21,22)10-14(13)24-16(19)17-15(20)8-23-3/h4-7,13-14H,8-10H2,1-3H3/t13-,14-/m1/s1. The number of amidine groups is 1. The Kier molecular flexibility index (Phi) is 5.08. The van der Waals surface area contributed by atoms with Crippen LogP contribution < -0.4 is 9.80 Å². The van der Waals surface area contributed by atoms with Gasteiger partial charge in [-0.15, -0.1) is 0 Å². The summed E-state index contributed by atoms with van der Waals surface area (Å²) in [6.07, 6.45) is 0. The summed E-state index contributed by atoms with van der Waals surface area (Å²) in [4.78, 5) is 19.9. The molecule has 7 nitrogen and oxygen atoms in total. The fourth-order valence-corrected chi connectivity index (χ4v) is 6.97. The third-order valence-corrected chi connectivity index (χ3v) is 7.41. The molecule has 0 unspecified atom stereocenters. The minimum absolute atomic E-state index is 0.0809. The molecule has 2 saturated heterocycles. The summed E-state index contributed by atoms with van der Waals surface area (Å²) in [7, 11) is 2.29. The van der Waals surface area contributed by atoms with E-state index in [4.69, 9.17) is 4.74 Å². The number of ether oxygens (including phenoxy) is 1. The second-order valence-corrected chi connectivity index (χ2v) is 9.66. The highest BCUT2D eigenvalue weighted by atomic mass is 32.2. The number of methoxy groups -OCH3 is 1. The van der Waals surface area contributed by atoms with Crippen molar-refractivity contribution in [2.75, 3.05) is 49.1 Å². The van der Waals surface area contributed by atoms with Crippen LogP contribution in [0.2, 0.25) is 0 Å². The summed E-state index contributed by atoms with van der Waals surface area (Å²) in [6.45, 7) is -0.0922. The van der Waals surface area contributed by atoms with Crippen LogP contribution in [0.4, 0.5) is 11.4 Å². The Labute approximate surface area is 152 Å². The number of hydrogen-bond acceptors (Lipinski definition) is 6. The Bertz CT molecular complexity index is 790. The zero-order valence-corrected chi connectivity index (χ0v) is 16.0. The van der Waals surface area contributed by atoms with Gasteiger partial charge in [-0.05, 0) is 24.3 Å². The van der Waals surface area contributed by atoms with Gasteiger partial charge in [0.1, 0.15) is 6.61 Å². The number of benzene rings is 1. The van der Waals surface area contributed by atoms with Crippen LogP contribution in [0.1, 0.15) is 0 Å². The number of rotatable bonds is 4. The van der Waals surface area contributed by atoms with Gasteiger partial charge >= 0.3 is 0 Å². The van der Waals surface area contributed by atoms with Crippen molar-refractivity contribution in [2.24, 2.45) is 4.99 Å². The lowest BCUT2D eigenvalue weighted by molar-refractivity contribution is -0.121. The first kappa shape index (κ1) is 18.2. The Morgan fingerprint density at radius 1 is 1.32 bits per heavy atom. The number of thioether (sulfide) groups is 1. The molecule has 2 atom stereocenters. The predicted octanol–water partition coefficient (Wildman–Crippen LogP) is 1.00. The van der Waals surface area contributed by atoms with Gasteiger partial charge in [0.2, 0.25) is 0 Å². The molecule has 0 bridgehead atoms. The number of hydrogen-bond donors (Lipinski definition) is 0. The lowest BCUT2D eigenvalue weighted by Gasteiger charge is -2.25. The molecule has 2 fully saturated rings. The van der Waals surface area contributed by atoms with E-state index in [1.165, 1.54) is 18.9 Å². The molecule has 0 saturated carbocycles. The summed E-state index contributed by atoms with van der Waals surface area (Å²) in [5, 5.41) is 0.442. The first-order valence-corrected chi connectivity index (χ1v) is 10.5. The van der Waals surface area contributed by atoms with Crippen molar-refractivity contribution in [3.63, 3.8) is 0 Å². The molecular formula is C16H21N3O4S2. The van der Waals surface area contributed by atoms with Crippen LogP contribution in [0.5, 0.6) is 0 Å². The topological polar surface area (TPSA) is 79.3 Å². The Morgan fingerprint density at radius 3 is 2.60 bits per heavy atom. The zero-order chi connectivity index (χ0) is 18.2. The quantitative estimate of drug-likeness (QED) is 0.767. The van der Waals surface area contributed by atoms with Crippen LogP contribution in [0, 0.1) is 0 Å². The van der Waals surface area contributed by atoms with Crippen LogP contribution in [0.15, 0.2) is 29.3 Å². The average molecular weight is 383 g/mol. The minimum atomic E-state index is -3.07. The summed E-state index contributed by atoms with van der Waals surface area (Å²) in [6, 6.07) is 7.59. The van der Waals surface area contributed by atoms with Crippen LogP contribution >= 0.6 is 11.8 Å². The zero-order valence-electron chi connectivity index (χ0n) is 14.4. The van der Waals surface area contributed by atoms with E-state index in [0.29, 0.717) is 5.17 Å². The number of amides is 1. The van der Waals surface area contributed by atoms with Crippen molar-refractivity contribution >= 4 is 44.0 Å². The molecule has 0 aromatic heterocycles. The molecule has 1 aromatic rings. The SMILES string of the molecule is COCC(=O)N=C1S[C@@H]2CS(=O)(=O)C[C@H]2N1c1ccc(N(C)C)cc1. The lowest BCUT2D eigenvalue weighted by Crippen LogP contribution is -2.37. The van der Waals surface area contributed by atoms with E-state index in [1.54, 1.807) is 0 Å². The Morgan fingerprint density at radius 2 is 2.00 bits per heavy atom. The van der Waals surface area contributed by atoms with E-state index in [1.807, 2.05) is 48.2 Å². The van der Waals surface area contributed by atoms with Gasteiger partial charge in [-0.1, -0.05) is 11.8 Å². The van der Waals surface area contributed by atoms with Crippen LogP contribution in [-0.4, -0.2) is 70.1 Å². The van der Waals surface area contributed by atoms with Crippen molar-refractivity contribution in [3.05, 3.63) is 24.3 Å². The van der Waals surface area contributed by atoms with Crippen molar-refractivity contribution in [1.29, 1.82) is 0 Å². The van der Waals surface area contributed by atoms with Crippen LogP contribution in [-0.2, 0) is 19.4 Å². The van der Waals surface area contributed by atoms with Gasteiger partial charge in [-0.2, -0.15) is 4.99 Å². The highest BCUT2D eigenvalue weighted by Crippen LogP contribution is 2.41. The maximum absolute atomic E-state index is 12.0. The van der Waals surface area contributed by atoms with Crippen molar-refractivity contribution in [2.45, 2.75) is 11.3 Å². The molecule has 9 heteroatoms. The van der Waals surface area contributed by atoms with E-state index in [9.17, 15) is 13.2 Å². The molecule has 2 heterocycles. The molecule has 25 heavy (non-hydrogen) atoms. The molecule has 2 aliphatic rings. The summed E-state index contributed by atoms with van der Waals surface area (Å²) >= 11 is 1.36. The highest BCUT2D eigenvalue weighted by molar-refractivity contribution is 8.16. The van der Waals surface area contributed by atoms with Gasteiger partial charge in [-0.25, -0.2) is 8.42 Å². The summed E-state index contributed by atoms with van der Waals surface area (Å²) < 4.78 is 28.9. The fourth-order valence-electron chi connectivity index (χ4n) is 3.04. The largest absolute Gasteiger partial charge is 0.378 e. The van der Waals surface area contributed by atoms with E-state index >= 15 is 0 Å². The van der Waals surface area contributed by atoms with Gasteiger partial charge in [0.15, 0.2) is 15.0 Å². The second kappa shape index (κ2) is 6.97. The number of nitrogens with zero attached hydrogens (tertiary/aromatic N) is 3. The minimum Gasteiger partial charge on any atom is -0.378 e. The Hall–Kier alpha value is -1.58. The third-order valence-electron chi connectivity index (χ3n) is 4.20. The first-order chi connectivity index (χ1) is 11.8. The number of carbonyl (C=O) groups excluding carboxylic acids is 1. The van der Waals surface area contributed by atoms with Crippen LogP contribution in [0.3, 0.4) is 0 Å². The predicted molar refractivity (Wildman–Crippen MR) is 101 cm³/mol. The third kappa shape index (κ3) is 3.83. The second-order valence-electron chi connectivity index (χ2n) is 6.30. The van der Waals surface area contributed by atoms with Gasteiger partial charge in [0.05, 0.1) is 17.5 Å². The number of fused-ring (bicyclic) bond motifs is 1. The highest BCUT2D eigenvalue weighted by Gasteiger charge is 2.49. The van der Waals surface area contributed by atoms with Gasteiger partial charge < -0.3 is 14.5 Å². The molecule has 0 radical (unpaired) electrons. The summed E-state index contributed by atoms with van der Waals surface area (Å²) in [5.74, 6) is -0.174. The van der Waals surface area contributed by atoms with Crippen molar-refractivity contribution < 1.29 is 17.9 Å². The molecule has 0 spiro atoms. The molecule has 136 valence electrons.